The Hall–Kier alpha value is -0.830. The molecule has 0 aromatic carbocycles. The molecule has 0 unspecified atom stereocenters. The minimum Gasteiger partial charge on any atom is -0.369 e. The number of Topliss-reactive ketones (excluding diaryl/α,β-unsaturated/α-hetero) is 1. The molecule has 4 bridgehead atoms. The fraction of sp³-hybridized carbons (Fsp3) is 0.786. The molecular formula is C14H20N2O. The van der Waals surface area contributed by atoms with Gasteiger partial charge in [0, 0.05) is 25.6 Å². The van der Waals surface area contributed by atoms with E-state index in [4.69, 9.17) is 0 Å². The predicted molar refractivity (Wildman–Crippen MR) is 65.5 cm³/mol. The Morgan fingerprint density at radius 2 is 1.53 bits per heavy atom. The van der Waals surface area contributed by atoms with Crippen molar-refractivity contribution < 1.29 is 4.79 Å². The van der Waals surface area contributed by atoms with Gasteiger partial charge in [-0.15, -0.1) is 0 Å². The van der Waals surface area contributed by atoms with Crippen molar-refractivity contribution in [3.63, 3.8) is 0 Å². The van der Waals surface area contributed by atoms with Crippen LogP contribution in [0, 0.1) is 11.8 Å². The summed E-state index contributed by atoms with van der Waals surface area (Å²) >= 11 is 0. The fourth-order valence-electron chi connectivity index (χ4n) is 4.15. The van der Waals surface area contributed by atoms with Gasteiger partial charge in [-0.3, -0.25) is 9.69 Å². The molecule has 0 atom stereocenters. The molecule has 6 aliphatic heterocycles. The van der Waals surface area contributed by atoms with Crippen LogP contribution in [0.2, 0.25) is 0 Å². The molecule has 6 saturated heterocycles. The first kappa shape index (κ1) is 10.1. The molecule has 3 nitrogen and oxygen atoms in total. The second-order valence-electron chi connectivity index (χ2n) is 6.05. The first-order valence-electron chi connectivity index (χ1n) is 7.07. The van der Waals surface area contributed by atoms with Gasteiger partial charge in [0.15, 0.2) is 5.78 Å². The van der Waals surface area contributed by atoms with Gasteiger partial charge in [0.25, 0.3) is 0 Å². The average molecular weight is 232 g/mol. The molecule has 6 rings (SSSR count). The van der Waals surface area contributed by atoms with Gasteiger partial charge < -0.3 is 4.90 Å². The summed E-state index contributed by atoms with van der Waals surface area (Å²) in [5.74, 6) is 1.56. The molecule has 0 aromatic rings. The van der Waals surface area contributed by atoms with Crippen molar-refractivity contribution in [2.75, 3.05) is 32.7 Å². The summed E-state index contributed by atoms with van der Waals surface area (Å²) < 4.78 is 0. The Morgan fingerprint density at radius 1 is 0.882 bits per heavy atom. The van der Waals surface area contributed by atoms with Crippen molar-refractivity contribution in [3.8, 4) is 0 Å². The molecule has 0 radical (unpaired) electrons. The SMILES string of the molecule is O=C1/C(=C2/CN3CCC2CC3)N2CCC1CC2. The summed E-state index contributed by atoms with van der Waals surface area (Å²) in [4.78, 5) is 17.4. The van der Waals surface area contributed by atoms with Crippen LogP contribution in [0.25, 0.3) is 0 Å². The second-order valence-corrected chi connectivity index (χ2v) is 6.05. The minimum atomic E-state index is 0.359. The number of fused-ring (bicyclic) bond motifs is 6. The monoisotopic (exact) mass is 232 g/mol. The molecule has 3 heteroatoms. The highest BCUT2D eigenvalue weighted by atomic mass is 16.1. The number of rotatable bonds is 0. The van der Waals surface area contributed by atoms with Crippen LogP contribution in [0.3, 0.4) is 0 Å². The third kappa shape index (κ3) is 1.41. The van der Waals surface area contributed by atoms with Crippen molar-refractivity contribution in [1.82, 2.24) is 9.80 Å². The highest BCUT2D eigenvalue weighted by Gasteiger charge is 2.41. The normalized spacial score (nSPS) is 41.4. The van der Waals surface area contributed by atoms with Gasteiger partial charge in [0.05, 0.1) is 5.70 Å². The van der Waals surface area contributed by atoms with Crippen molar-refractivity contribution in [3.05, 3.63) is 11.3 Å². The minimum absolute atomic E-state index is 0.359. The number of piperidine rings is 6. The lowest BCUT2D eigenvalue weighted by atomic mass is 9.77. The zero-order chi connectivity index (χ0) is 11.4. The quantitative estimate of drug-likeness (QED) is 0.587. The maximum Gasteiger partial charge on any atom is 0.182 e. The Labute approximate surface area is 102 Å². The van der Waals surface area contributed by atoms with Gasteiger partial charge in [-0.1, -0.05) is 0 Å². The molecule has 6 heterocycles. The van der Waals surface area contributed by atoms with Gasteiger partial charge in [-0.2, -0.15) is 0 Å². The summed E-state index contributed by atoms with van der Waals surface area (Å²) in [6.07, 6.45) is 4.77. The van der Waals surface area contributed by atoms with Crippen LogP contribution in [0.5, 0.6) is 0 Å². The van der Waals surface area contributed by atoms with E-state index in [1.165, 1.54) is 31.5 Å². The van der Waals surface area contributed by atoms with Crippen LogP contribution >= 0.6 is 0 Å². The summed E-state index contributed by atoms with van der Waals surface area (Å²) in [5.41, 5.74) is 2.65. The lowest BCUT2D eigenvalue weighted by Gasteiger charge is -2.47. The van der Waals surface area contributed by atoms with Gasteiger partial charge in [0.1, 0.15) is 0 Å². The Balaban J connectivity index is 1.75. The van der Waals surface area contributed by atoms with Crippen LogP contribution in [0.4, 0.5) is 0 Å². The molecule has 0 spiro atoms. The van der Waals surface area contributed by atoms with Crippen molar-refractivity contribution in [2.45, 2.75) is 25.7 Å². The Morgan fingerprint density at radius 3 is 2.06 bits per heavy atom. The van der Waals surface area contributed by atoms with E-state index in [0.29, 0.717) is 11.7 Å². The topological polar surface area (TPSA) is 23.6 Å². The van der Waals surface area contributed by atoms with E-state index in [1.54, 1.807) is 0 Å². The molecular weight excluding hydrogens is 212 g/mol. The molecule has 0 aromatic heterocycles. The van der Waals surface area contributed by atoms with Crippen LogP contribution in [0.15, 0.2) is 11.3 Å². The standard InChI is InChI=1S/C14H20N2O/c17-14-11-3-7-16(8-4-11)13(14)12-9-15-5-1-10(12)2-6-15/h10-11H,1-9H2/b13-12+. The first-order chi connectivity index (χ1) is 8.33. The predicted octanol–water partition coefficient (Wildman–Crippen LogP) is 1.26. The molecule has 6 fully saturated rings. The van der Waals surface area contributed by atoms with E-state index < -0.39 is 0 Å². The highest BCUT2D eigenvalue weighted by Crippen LogP contribution is 2.40. The number of hydrogen-bond donors (Lipinski definition) is 0. The van der Waals surface area contributed by atoms with E-state index in [-0.39, 0.29) is 0 Å². The summed E-state index contributed by atoms with van der Waals surface area (Å²) in [5, 5.41) is 0. The molecule has 17 heavy (non-hydrogen) atoms. The molecule has 0 aliphatic carbocycles. The number of nitrogens with zero attached hydrogens (tertiary/aromatic N) is 2. The van der Waals surface area contributed by atoms with E-state index in [9.17, 15) is 4.79 Å². The van der Waals surface area contributed by atoms with E-state index >= 15 is 0 Å². The average Bonchev–Trinajstić information content (AvgIpc) is 2.41. The lowest BCUT2D eigenvalue weighted by molar-refractivity contribution is -0.126. The highest BCUT2D eigenvalue weighted by molar-refractivity contribution is 5.99. The molecule has 0 saturated carbocycles. The van der Waals surface area contributed by atoms with Crippen molar-refractivity contribution in [2.24, 2.45) is 11.8 Å². The van der Waals surface area contributed by atoms with Gasteiger partial charge in [-0.25, -0.2) is 0 Å². The number of hydrogen-bond acceptors (Lipinski definition) is 3. The van der Waals surface area contributed by atoms with Crippen LogP contribution in [-0.2, 0) is 4.79 Å². The Kier molecular flexibility index (Phi) is 2.13. The van der Waals surface area contributed by atoms with Crippen molar-refractivity contribution >= 4 is 5.78 Å². The smallest absolute Gasteiger partial charge is 0.182 e. The van der Waals surface area contributed by atoms with Gasteiger partial charge in [0.2, 0.25) is 0 Å². The molecule has 0 N–H and O–H groups in total. The third-order valence-electron chi connectivity index (χ3n) is 5.19. The summed E-state index contributed by atoms with van der Waals surface area (Å²) in [7, 11) is 0. The maximum atomic E-state index is 12.4. The Bertz CT molecular complexity index is 385. The summed E-state index contributed by atoms with van der Waals surface area (Å²) in [6, 6.07) is 0. The molecule has 0 amide bonds. The van der Waals surface area contributed by atoms with Gasteiger partial charge >= 0.3 is 0 Å². The largest absolute Gasteiger partial charge is 0.369 e. The molecule has 6 aliphatic rings. The van der Waals surface area contributed by atoms with Crippen molar-refractivity contribution in [1.29, 1.82) is 0 Å². The van der Waals surface area contributed by atoms with E-state index in [1.807, 2.05) is 0 Å². The number of allylic oxidation sites excluding steroid dienone is 1. The first-order valence-corrected chi connectivity index (χ1v) is 7.07. The lowest BCUT2D eigenvalue weighted by Crippen LogP contribution is -2.51. The van der Waals surface area contributed by atoms with Gasteiger partial charge in [-0.05, 0) is 50.3 Å². The van der Waals surface area contributed by atoms with E-state index in [2.05, 4.69) is 9.80 Å². The van der Waals surface area contributed by atoms with E-state index in [0.717, 1.165) is 44.1 Å². The number of carbonyl (C=O) groups is 1. The fourth-order valence-corrected chi connectivity index (χ4v) is 4.15. The maximum absolute atomic E-state index is 12.4. The number of ketones is 1. The summed E-state index contributed by atoms with van der Waals surface area (Å²) in [6.45, 7) is 5.83. The zero-order valence-corrected chi connectivity index (χ0v) is 10.3. The number of carbonyl (C=O) groups excluding carboxylic acids is 1. The third-order valence-corrected chi connectivity index (χ3v) is 5.19. The van der Waals surface area contributed by atoms with Crippen LogP contribution in [-0.4, -0.2) is 48.3 Å². The van der Waals surface area contributed by atoms with Crippen LogP contribution in [0.1, 0.15) is 25.7 Å². The van der Waals surface area contributed by atoms with Crippen LogP contribution < -0.4 is 0 Å². The second kappa shape index (κ2) is 3.58. The molecule has 92 valence electrons. The zero-order valence-electron chi connectivity index (χ0n) is 10.3.